The summed E-state index contributed by atoms with van der Waals surface area (Å²) in [5, 5.41) is 0. The minimum atomic E-state index is -0.469. The minimum Gasteiger partial charge on any atom is -0.433 e. The van der Waals surface area contributed by atoms with Crippen molar-refractivity contribution in [1.82, 2.24) is 0 Å². The molecule has 10 heavy (non-hydrogen) atoms. The summed E-state index contributed by atoms with van der Waals surface area (Å²) >= 11 is 0. The molecule has 0 aromatic heterocycles. The second-order valence-corrected chi connectivity index (χ2v) is 1.74. The highest BCUT2D eigenvalue weighted by Crippen LogP contribution is 1.91. The lowest BCUT2D eigenvalue weighted by Gasteiger charge is -2.07. The quantitative estimate of drug-likeness (QED) is 0.338. The van der Waals surface area contributed by atoms with E-state index in [1.807, 2.05) is 0 Å². The summed E-state index contributed by atoms with van der Waals surface area (Å²) in [6.45, 7) is 3.40. The molecule has 0 aliphatic rings. The molecule has 0 spiro atoms. The lowest BCUT2D eigenvalue weighted by molar-refractivity contribution is -0.163. The Labute approximate surface area is 60.6 Å². The van der Waals surface area contributed by atoms with E-state index in [2.05, 4.69) is 0 Å². The van der Waals surface area contributed by atoms with E-state index in [4.69, 9.17) is 9.47 Å². The molecule has 0 bridgehead atoms. The van der Waals surface area contributed by atoms with Gasteiger partial charge in [-0.2, -0.15) is 0 Å². The molecule has 3 heteroatoms. The summed E-state index contributed by atoms with van der Waals surface area (Å²) in [6.07, 6.45) is 2.49. The van der Waals surface area contributed by atoms with E-state index in [0.29, 0.717) is 0 Å². The van der Waals surface area contributed by atoms with Gasteiger partial charge in [0.05, 0.1) is 0 Å². The number of carbonyl (C=O) groups excluding carboxylic acids is 1. The van der Waals surface area contributed by atoms with Crippen LogP contribution in [0, 0.1) is 0 Å². The summed E-state index contributed by atoms with van der Waals surface area (Å²) in [6, 6.07) is 0. The standard InChI is InChI=1S/C7H12O3/c1-4-5-7(8)10-6(2)9-3/h4-6H,1-3H3. The van der Waals surface area contributed by atoms with Crippen LogP contribution in [0.3, 0.4) is 0 Å². The number of ether oxygens (including phenoxy) is 2. The Bertz CT molecular complexity index is 129. The summed E-state index contributed by atoms with van der Waals surface area (Å²) in [5.41, 5.74) is 0. The van der Waals surface area contributed by atoms with Gasteiger partial charge in [-0.3, -0.25) is 0 Å². The van der Waals surface area contributed by atoms with Crippen molar-refractivity contribution in [3.63, 3.8) is 0 Å². The first-order valence-corrected chi connectivity index (χ1v) is 3.06. The minimum absolute atomic E-state index is 0.378. The van der Waals surface area contributed by atoms with Crippen LogP contribution in [0.25, 0.3) is 0 Å². The second-order valence-electron chi connectivity index (χ2n) is 1.74. The topological polar surface area (TPSA) is 35.5 Å². The summed E-state index contributed by atoms with van der Waals surface area (Å²) in [5.74, 6) is -0.378. The maximum Gasteiger partial charge on any atom is 0.332 e. The maximum absolute atomic E-state index is 10.6. The Morgan fingerprint density at radius 1 is 1.60 bits per heavy atom. The molecular weight excluding hydrogens is 132 g/mol. The zero-order valence-electron chi connectivity index (χ0n) is 6.46. The van der Waals surface area contributed by atoms with Gasteiger partial charge in [0, 0.05) is 13.2 Å². The molecular formula is C7H12O3. The molecule has 0 N–H and O–H groups in total. The molecule has 0 rings (SSSR count). The Kier molecular flexibility index (Phi) is 4.58. The number of carbonyl (C=O) groups is 1. The predicted octanol–water partition coefficient (Wildman–Crippen LogP) is 1.10. The van der Waals surface area contributed by atoms with Crippen molar-refractivity contribution in [3.8, 4) is 0 Å². The number of rotatable bonds is 3. The molecule has 0 aromatic carbocycles. The SMILES string of the molecule is CC=CC(=O)OC(C)OC. The summed E-state index contributed by atoms with van der Waals surface area (Å²) in [7, 11) is 1.48. The molecule has 0 fully saturated rings. The van der Waals surface area contributed by atoms with Gasteiger partial charge in [0.15, 0.2) is 6.29 Å². The van der Waals surface area contributed by atoms with E-state index in [9.17, 15) is 4.79 Å². The van der Waals surface area contributed by atoms with E-state index in [1.165, 1.54) is 13.2 Å². The van der Waals surface area contributed by atoms with Crippen LogP contribution in [0.1, 0.15) is 13.8 Å². The largest absolute Gasteiger partial charge is 0.433 e. The maximum atomic E-state index is 10.6. The molecule has 0 saturated heterocycles. The zero-order chi connectivity index (χ0) is 7.98. The van der Waals surface area contributed by atoms with Crippen LogP contribution in [0.4, 0.5) is 0 Å². The van der Waals surface area contributed by atoms with Gasteiger partial charge in [0.2, 0.25) is 0 Å². The van der Waals surface area contributed by atoms with Crippen molar-refractivity contribution >= 4 is 5.97 Å². The molecule has 0 radical (unpaired) electrons. The van der Waals surface area contributed by atoms with Crippen molar-refractivity contribution in [2.75, 3.05) is 7.11 Å². The fraction of sp³-hybridized carbons (Fsp3) is 0.571. The lowest BCUT2D eigenvalue weighted by Crippen LogP contribution is -2.14. The molecule has 0 aromatic rings. The van der Waals surface area contributed by atoms with Gasteiger partial charge in [-0.15, -0.1) is 0 Å². The van der Waals surface area contributed by atoms with Gasteiger partial charge in [-0.25, -0.2) is 4.79 Å². The first kappa shape index (κ1) is 9.17. The molecule has 0 heterocycles. The van der Waals surface area contributed by atoms with E-state index in [-0.39, 0.29) is 5.97 Å². The van der Waals surface area contributed by atoms with Crippen LogP contribution in [0.15, 0.2) is 12.2 Å². The van der Waals surface area contributed by atoms with Crippen molar-refractivity contribution in [1.29, 1.82) is 0 Å². The van der Waals surface area contributed by atoms with Crippen molar-refractivity contribution < 1.29 is 14.3 Å². The number of allylic oxidation sites excluding steroid dienone is 1. The second kappa shape index (κ2) is 4.99. The Morgan fingerprint density at radius 3 is 2.60 bits per heavy atom. The lowest BCUT2D eigenvalue weighted by atomic mass is 10.5. The van der Waals surface area contributed by atoms with Crippen LogP contribution >= 0.6 is 0 Å². The number of hydrogen-bond donors (Lipinski definition) is 0. The molecule has 0 saturated carbocycles. The predicted molar refractivity (Wildman–Crippen MR) is 37.4 cm³/mol. The smallest absolute Gasteiger partial charge is 0.332 e. The molecule has 0 aliphatic carbocycles. The summed E-state index contributed by atoms with van der Waals surface area (Å²) in [4.78, 5) is 10.6. The Balaban J connectivity index is 3.57. The van der Waals surface area contributed by atoms with Crippen LogP contribution in [-0.4, -0.2) is 19.4 Å². The van der Waals surface area contributed by atoms with Crippen LogP contribution in [-0.2, 0) is 14.3 Å². The number of esters is 1. The highest BCUT2D eigenvalue weighted by atomic mass is 16.7. The first-order valence-electron chi connectivity index (χ1n) is 3.06. The van der Waals surface area contributed by atoms with Gasteiger partial charge in [-0.05, 0) is 13.8 Å². The highest BCUT2D eigenvalue weighted by Gasteiger charge is 2.02. The molecule has 1 unspecified atom stereocenters. The third-order valence-corrected chi connectivity index (χ3v) is 0.917. The molecule has 58 valence electrons. The van der Waals surface area contributed by atoms with Gasteiger partial charge in [0.25, 0.3) is 0 Å². The van der Waals surface area contributed by atoms with Crippen molar-refractivity contribution in [2.24, 2.45) is 0 Å². The van der Waals surface area contributed by atoms with Crippen LogP contribution < -0.4 is 0 Å². The van der Waals surface area contributed by atoms with E-state index >= 15 is 0 Å². The fourth-order valence-electron chi connectivity index (χ4n) is 0.387. The van der Waals surface area contributed by atoms with Gasteiger partial charge in [0.1, 0.15) is 0 Å². The Hall–Kier alpha value is -0.830. The number of hydrogen-bond acceptors (Lipinski definition) is 3. The fourth-order valence-corrected chi connectivity index (χ4v) is 0.387. The molecule has 1 atom stereocenters. The van der Waals surface area contributed by atoms with Gasteiger partial charge in [-0.1, -0.05) is 6.08 Å². The average Bonchev–Trinajstić information content (AvgIpc) is 1.88. The zero-order valence-corrected chi connectivity index (χ0v) is 6.46. The monoisotopic (exact) mass is 144 g/mol. The first-order chi connectivity index (χ1) is 4.70. The third-order valence-electron chi connectivity index (χ3n) is 0.917. The van der Waals surface area contributed by atoms with Crippen LogP contribution in [0.2, 0.25) is 0 Å². The third kappa shape index (κ3) is 4.09. The molecule has 0 amide bonds. The average molecular weight is 144 g/mol. The summed E-state index contributed by atoms with van der Waals surface area (Å²) < 4.78 is 9.38. The van der Waals surface area contributed by atoms with Crippen molar-refractivity contribution in [2.45, 2.75) is 20.1 Å². The molecule has 3 nitrogen and oxygen atoms in total. The Morgan fingerprint density at radius 2 is 2.20 bits per heavy atom. The van der Waals surface area contributed by atoms with E-state index < -0.39 is 6.29 Å². The van der Waals surface area contributed by atoms with Gasteiger partial charge >= 0.3 is 5.97 Å². The van der Waals surface area contributed by atoms with Crippen molar-refractivity contribution in [3.05, 3.63) is 12.2 Å². The highest BCUT2D eigenvalue weighted by molar-refractivity contribution is 5.81. The number of methoxy groups -OCH3 is 1. The normalized spacial score (nSPS) is 13.5. The van der Waals surface area contributed by atoms with Gasteiger partial charge < -0.3 is 9.47 Å². The van der Waals surface area contributed by atoms with E-state index in [1.54, 1.807) is 19.9 Å². The van der Waals surface area contributed by atoms with Crippen LogP contribution in [0.5, 0.6) is 0 Å². The van der Waals surface area contributed by atoms with E-state index in [0.717, 1.165) is 0 Å². The molecule has 0 aliphatic heterocycles.